The summed E-state index contributed by atoms with van der Waals surface area (Å²) in [6, 6.07) is 10.1. The monoisotopic (exact) mass is 586 g/mol. The van der Waals surface area contributed by atoms with E-state index in [0.717, 1.165) is 15.8 Å². The van der Waals surface area contributed by atoms with Crippen LogP contribution in [0.1, 0.15) is 37.9 Å². The molecule has 0 saturated carbocycles. The van der Waals surface area contributed by atoms with E-state index in [0.29, 0.717) is 38.7 Å². The summed E-state index contributed by atoms with van der Waals surface area (Å²) in [5.41, 5.74) is 1.94. The van der Waals surface area contributed by atoms with Gasteiger partial charge in [0.05, 0.1) is 47.7 Å². The lowest BCUT2D eigenvalue weighted by Crippen LogP contribution is -2.40. The van der Waals surface area contributed by atoms with Crippen LogP contribution < -0.4 is 29.1 Å². The van der Waals surface area contributed by atoms with Crippen molar-refractivity contribution in [1.29, 1.82) is 0 Å². The topological polar surface area (TPSA) is 88.4 Å². The predicted molar refractivity (Wildman–Crippen MR) is 145 cm³/mol. The highest BCUT2D eigenvalue weighted by Gasteiger charge is 2.35. The molecule has 0 bridgehead atoms. The molecule has 0 aliphatic carbocycles. The lowest BCUT2D eigenvalue weighted by atomic mass is 9.95. The molecule has 1 atom stereocenters. The number of fused-ring (bicyclic) bond motifs is 1. The molecule has 10 heteroatoms. The summed E-state index contributed by atoms with van der Waals surface area (Å²) in [5.74, 6) is 1.26. The van der Waals surface area contributed by atoms with Crippen molar-refractivity contribution in [3.63, 3.8) is 0 Å². The van der Waals surface area contributed by atoms with Crippen LogP contribution in [0.2, 0.25) is 0 Å². The van der Waals surface area contributed by atoms with Gasteiger partial charge in [-0.1, -0.05) is 17.4 Å². The number of esters is 1. The molecular weight excluding hydrogens is 560 g/mol. The molecule has 0 fully saturated rings. The lowest BCUT2D eigenvalue weighted by molar-refractivity contribution is -0.139. The van der Waals surface area contributed by atoms with Gasteiger partial charge in [-0.15, -0.1) is 0 Å². The van der Waals surface area contributed by atoms with Crippen LogP contribution in [0.25, 0.3) is 6.08 Å². The predicted octanol–water partition coefficient (Wildman–Crippen LogP) is 3.98. The van der Waals surface area contributed by atoms with E-state index in [9.17, 15) is 9.59 Å². The molecule has 0 unspecified atom stereocenters. The maximum atomic E-state index is 13.8. The van der Waals surface area contributed by atoms with E-state index in [1.54, 1.807) is 45.2 Å². The Labute approximate surface area is 226 Å². The molecule has 37 heavy (non-hydrogen) atoms. The first-order valence-electron chi connectivity index (χ1n) is 11.7. The molecule has 1 aliphatic heterocycles. The number of benzene rings is 2. The smallest absolute Gasteiger partial charge is 0.338 e. The van der Waals surface area contributed by atoms with E-state index < -0.39 is 12.0 Å². The van der Waals surface area contributed by atoms with E-state index >= 15 is 0 Å². The number of ether oxygens (including phenoxy) is 4. The first-order chi connectivity index (χ1) is 17.8. The van der Waals surface area contributed by atoms with Gasteiger partial charge < -0.3 is 18.9 Å². The Hall–Kier alpha value is -3.37. The molecule has 1 aromatic heterocycles. The third-order valence-electron chi connectivity index (χ3n) is 5.81. The van der Waals surface area contributed by atoms with Crippen molar-refractivity contribution in [1.82, 2.24) is 4.57 Å². The Morgan fingerprint density at radius 2 is 1.89 bits per heavy atom. The number of carbonyl (C=O) groups is 1. The number of rotatable bonds is 8. The van der Waals surface area contributed by atoms with Gasteiger partial charge in [0, 0.05) is 11.6 Å². The average molecular weight is 587 g/mol. The van der Waals surface area contributed by atoms with Gasteiger partial charge in [0.2, 0.25) is 0 Å². The van der Waals surface area contributed by atoms with Crippen LogP contribution in [-0.4, -0.2) is 38.0 Å². The molecule has 0 spiro atoms. The molecule has 2 heterocycles. The molecule has 194 valence electrons. The van der Waals surface area contributed by atoms with Crippen LogP contribution in [0.4, 0.5) is 0 Å². The van der Waals surface area contributed by atoms with Crippen molar-refractivity contribution in [3.05, 3.63) is 83.0 Å². The quantitative estimate of drug-likeness (QED) is 0.371. The molecule has 0 amide bonds. The molecule has 0 saturated heterocycles. The molecule has 0 N–H and O–H groups in total. The maximum Gasteiger partial charge on any atom is 0.338 e. The molecule has 3 aromatic rings. The Bertz CT molecular complexity index is 1560. The van der Waals surface area contributed by atoms with E-state index in [-0.39, 0.29) is 17.7 Å². The van der Waals surface area contributed by atoms with E-state index in [4.69, 9.17) is 18.9 Å². The van der Waals surface area contributed by atoms with E-state index in [1.165, 1.54) is 23.0 Å². The minimum atomic E-state index is -0.787. The lowest BCUT2D eigenvalue weighted by Gasteiger charge is -2.26. The van der Waals surface area contributed by atoms with Gasteiger partial charge in [-0.3, -0.25) is 9.36 Å². The summed E-state index contributed by atoms with van der Waals surface area (Å²) >= 11 is 4.78. The van der Waals surface area contributed by atoms with Crippen LogP contribution >= 0.6 is 27.3 Å². The second-order valence-corrected chi connectivity index (χ2v) is 9.90. The number of thiazole rings is 1. The molecular formula is C27H27BrN2O6S. The van der Waals surface area contributed by atoms with Crippen LogP contribution in [0.3, 0.4) is 0 Å². The fraction of sp³-hybridized carbons (Fsp3) is 0.296. The van der Waals surface area contributed by atoms with Crippen molar-refractivity contribution in [2.45, 2.75) is 26.8 Å². The molecule has 1 aliphatic rings. The van der Waals surface area contributed by atoms with Crippen LogP contribution in [0, 0.1) is 0 Å². The zero-order valence-corrected chi connectivity index (χ0v) is 23.6. The second-order valence-electron chi connectivity index (χ2n) is 8.03. The highest BCUT2D eigenvalue weighted by Crippen LogP contribution is 2.37. The zero-order chi connectivity index (χ0) is 26.7. The highest BCUT2D eigenvalue weighted by atomic mass is 79.9. The van der Waals surface area contributed by atoms with Crippen LogP contribution in [0.5, 0.6) is 17.2 Å². The summed E-state index contributed by atoms with van der Waals surface area (Å²) in [6.45, 7) is 6.14. The Morgan fingerprint density at radius 1 is 1.11 bits per heavy atom. The third-order valence-corrected chi connectivity index (χ3v) is 7.41. The Kier molecular flexibility index (Phi) is 8.19. The van der Waals surface area contributed by atoms with E-state index in [1.807, 2.05) is 25.1 Å². The van der Waals surface area contributed by atoms with Gasteiger partial charge >= 0.3 is 5.97 Å². The number of hydrogen-bond acceptors (Lipinski definition) is 8. The Morgan fingerprint density at radius 3 is 2.54 bits per heavy atom. The fourth-order valence-electron chi connectivity index (χ4n) is 4.16. The normalized spacial score (nSPS) is 15.2. The third kappa shape index (κ3) is 5.21. The number of halogens is 1. The number of methoxy groups -OCH3 is 2. The average Bonchev–Trinajstić information content (AvgIpc) is 3.18. The van der Waals surface area contributed by atoms with Crippen molar-refractivity contribution >= 4 is 39.3 Å². The molecule has 0 radical (unpaired) electrons. The molecule has 8 nitrogen and oxygen atoms in total. The van der Waals surface area contributed by atoms with Crippen LogP contribution in [-0.2, 0) is 9.53 Å². The summed E-state index contributed by atoms with van der Waals surface area (Å²) in [7, 11) is 3.09. The minimum absolute atomic E-state index is 0.194. The van der Waals surface area contributed by atoms with Gasteiger partial charge in [0.25, 0.3) is 5.56 Å². The summed E-state index contributed by atoms with van der Waals surface area (Å²) in [4.78, 5) is 32.0. The van der Waals surface area contributed by atoms with Gasteiger partial charge in [0.15, 0.2) is 4.80 Å². The zero-order valence-electron chi connectivity index (χ0n) is 21.2. The summed E-state index contributed by atoms with van der Waals surface area (Å²) < 4.78 is 24.7. The largest absolute Gasteiger partial charge is 0.497 e. The minimum Gasteiger partial charge on any atom is -0.497 e. The van der Waals surface area contributed by atoms with Crippen LogP contribution in [0.15, 0.2) is 61.9 Å². The molecule has 4 rings (SSSR count). The summed E-state index contributed by atoms with van der Waals surface area (Å²) in [6.07, 6.45) is 1.80. The van der Waals surface area contributed by atoms with Crippen molar-refractivity contribution in [2.24, 2.45) is 4.99 Å². The Balaban J connectivity index is 1.94. The first kappa shape index (κ1) is 26.7. The maximum absolute atomic E-state index is 13.8. The van der Waals surface area contributed by atoms with Gasteiger partial charge in [-0.25, -0.2) is 9.79 Å². The summed E-state index contributed by atoms with van der Waals surface area (Å²) in [5, 5.41) is 0. The highest BCUT2D eigenvalue weighted by molar-refractivity contribution is 9.10. The number of carbonyl (C=O) groups excluding carboxylic acids is 1. The van der Waals surface area contributed by atoms with Gasteiger partial charge in [-0.2, -0.15) is 0 Å². The van der Waals surface area contributed by atoms with Crippen molar-refractivity contribution in [2.75, 3.05) is 27.4 Å². The fourth-order valence-corrected chi connectivity index (χ4v) is 5.72. The van der Waals surface area contributed by atoms with E-state index in [2.05, 4.69) is 20.9 Å². The number of aromatic nitrogens is 1. The van der Waals surface area contributed by atoms with Crippen molar-refractivity contribution < 1.29 is 23.7 Å². The number of hydrogen-bond donors (Lipinski definition) is 0. The molecule has 2 aromatic carbocycles. The number of nitrogens with zero attached hydrogens (tertiary/aromatic N) is 2. The SMILES string of the molecule is CCOC(=O)C1=C(C)N=c2s/c(=C\c3ccc(OCC)c(Br)c3)c(=O)n2[C@H]1c1ccc(OC)cc1OC. The standard InChI is InChI=1S/C27H27BrN2O6S/c1-6-35-20-11-8-16(12-19(20)28)13-22-25(31)30-24(18-10-9-17(33-4)14-21(18)34-5)23(26(32)36-7-2)15(3)29-27(30)37-22/h8-14,24H,6-7H2,1-5H3/b22-13-/t24-/m0/s1. The second kappa shape index (κ2) is 11.4. The van der Waals surface area contributed by atoms with Crippen molar-refractivity contribution in [3.8, 4) is 17.2 Å². The first-order valence-corrected chi connectivity index (χ1v) is 13.3. The number of allylic oxidation sites excluding steroid dienone is 1. The van der Waals surface area contributed by atoms with Gasteiger partial charge in [0.1, 0.15) is 23.3 Å². The van der Waals surface area contributed by atoms with Gasteiger partial charge in [-0.05, 0) is 72.6 Å².